The fourth-order valence-electron chi connectivity index (χ4n) is 1.43. The average molecular weight is 267 g/mol. The number of amides is 1. The number of thiophene rings is 1. The van der Waals surface area contributed by atoms with Crippen LogP contribution < -0.4 is 5.32 Å². The lowest BCUT2D eigenvalue weighted by molar-refractivity contribution is 0.0940. The number of nitrogens with zero attached hydrogens (tertiary/aromatic N) is 1. The average Bonchev–Trinajstić information content (AvgIpc) is 2.82. The van der Waals surface area contributed by atoms with E-state index in [-0.39, 0.29) is 11.9 Å². The number of carbonyl (C=O) groups excluding carboxylic acids is 1. The van der Waals surface area contributed by atoms with E-state index in [9.17, 15) is 4.79 Å². The molecule has 0 radical (unpaired) electrons. The van der Waals surface area contributed by atoms with Gasteiger partial charge < -0.3 is 5.32 Å². The highest BCUT2D eigenvalue weighted by molar-refractivity contribution is 7.10. The van der Waals surface area contributed by atoms with E-state index >= 15 is 0 Å². The first kappa shape index (κ1) is 12.1. The zero-order valence-corrected chi connectivity index (χ0v) is 10.8. The number of pyridine rings is 1. The fourth-order valence-corrected chi connectivity index (χ4v) is 2.35. The summed E-state index contributed by atoms with van der Waals surface area (Å²) in [4.78, 5) is 16.9. The van der Waals surface area contributed by atoms with Crippen molar-refractivity contribution >= 4 is 28.8 Å². The summed E-state index contributed by atoms with van der Waals surface area (Å²) in [5, 5.41) is 5.28. The molecule has 0 aliphatic heterocycles. The van der Waals surface area contributed by atoms with E-state index in [1.807, 2.05) is 24.4 Å². The standard InChI is InChI=1S/C12H11ClN2OS/c1-8(11-3-2-6-17-11)15-12(16)9-7-14-5-4-10(9)13/h2-8H,1H3,(H,15,16). The third kappa shape index (κ3) is 2.84. The third-order valence-corrected chi connectivity index (χ3v) is 3.71. The Kier molecular flexibility index (Phi) is 3.76. The van der Waals surface area contributed by atoms with Gasteiger partial charge in [-0.2, -0.15) is 0 Å². The summed E-state index contributed by atoms with van der Waals surface area (Å²) in [6.45, 7) is 1.94. The molecule has 0 spiro atoms. The number of hydrogen-bond acceptors (Lipinski definition) is 3. The zero-order valence-electron chi connectivity index (χ0n) is 9.18. The van der Waals surface area contributed by atoms with E-state index < -0.39 is 0 Å². The van der Waals surface area contributed by atoms with Crippen LogP contribution in [0.5, 0.6) is 0 Å². The van der Waals surface area contributed by atoms with Crippen LogP contribution in [0.25, 0.3) is 0 Å². The molecule has 0 fully saturated rings. The molecule has 2 aromatic heterocycles. The quantitative estimate of drug-likeness (QED) is 0.926. The van der Waals surface area contributed by atoms with Crippen molar-refractivity contribution < 1.29 is 4.79 Å². The van der Waals surface area contributed by atoms with Crippen LogP contribution in [0.15, 0.2) is 36.0 Å². The number of nitrogens with one attached hydrogen (secondary N) is 1. The van der Waals surface area contributed by atoms with Crippen LogP contribution in [0.4, 0.5) is 0 Å². The highest BCUT2D eigenvalue weighted by Gasteiger charge is 2.14. The van der Waals surface area contributed by atoms with Crippen molar-refractivity contribution in [2.45, 2.75) is 13.0 Å². The predicted molar refractivity (Wildman–Crippen MR) is 69.4 cm³/mol. The van der Waals surface area contributed by atoms with Gasteiger partial charge in [-0.05, 0) is 24.4 Å². The topological polar surface area (TPSA) is 42.0 Å². The molecule has 0 bridgehead atoms. The van der Waals surface area contributed by atoms with Crippen molar-refractivity contribution in [1.29, 1.82) is 0 Å². The first-order chi connectivity index (χ1) is 8.18. The van der Waals surface area contributed by atoms with E-state index in [0.717, 1.165) is 4.88 Å². The molecule has 0 aliphatic carbocycles. The minimum Gasteiger partial charge on any atom is -0.345 e. The molecule has 1 unspecified atom stereocenters. The molecule has 1 N–H and O–H groups in total. The molecule has 2 aromatic rings. The molecule has 0 aromatic carbocycles. The van der Waals surface area contributed by atoms with Gasteiger partial charge in [-0.3, -0.25) is 9.78 Å². The van der Waals surface area contributed by atoms with Crippen molar-refractivity contribution in [3.63, 3.8) is 0 Å². The van der Waals surface area contributed by atoms with Crippen molar-refractivity contribution in [3.05, 3.63) is 51.4 Å². The normalized spacial score (nSPS) is 12.1. The van der Waals surface area contributed by atoms with Gasteiger partial charge in [0, 0.05) is 17.3 Å². The summed E-state index contributed by atoms with van der Waals surface area (Å²) >= 11 is 7.54. The van der Waals surface area contributed by atoms with Crippen molar-refractivity contribution in [2.75, 3.05) is 0 Å². The van der Waals surface area contributed by atoms with E-state index in [2.05, 4.69) is 10.3 Å². The Bertz CT molecular complexity index is 513. The first-order valence-electron chi connectivity index (χ1n) is 5.12. The lowest BCUT2D eigenvalue weighted by Gasteiger charge is -2.12. The maximum atomic E-state index is 11.9. The smallest absolute Gasteiger partial charge is 0.254 e. The monoisotopic (exact) mass is 266 g/mol. The van der Waals surface area contributed by atoms with E-state index in [4.69, 9.17) is 11.6 Å². The predicted octanol–water partition coefficient (Wildman–Crippen LogP) is 3.29. The molecule has 88 valence electrons. The van der Waals surface area contributed by atoms with Gasteiger partial charge in [0.25, 0.3) is 5.91 Å². The molecular weight excluding hydrogens is 256 g/mol. The number of hydrogen-bond donors (Lipinski definition) is 1. The molecule has 0 saturated heterocycles. The molecule has 1 amide bonds. The number of rotatable bonds is 3. The highest BCUT2D eigenvalue weighted by atomic mass is 35.5. The van der Waals surface area contributed by atoms with Gasteiger partial charge >= 0.3 is 0 Å². The Hall–Kier alpha value is -1.39. The summed E-state index contributed by atoms with van der Waals surface area (Å²) in [6, 6.07) is 5.52. The van der Waals surface area contributed by atoms with E-state index in [0.29, 0.717) is 10.6 Å². The van der Waals surface area contributed by atoms with Crippen molar-refractivity contribution in [2.24, 2.45) is 0 Å². The van der Waals surface area contributed by atoms with Gasteiger partial charge in [0.2, 0.25) is 0 Å². The molecule has 2 rings (SSSR count). The van der Waals surface area contributed by atoms with Crippen LogP contribution in [0, 0.1) is 0 Å². The number of aromatic nitrogens is 1. The van der Waals surface area contributed by atoms with Crippen LogP contribution in [-0.2, 0) is 0 Å². The van der Waals surface area contributed by atoms with Gasteiger partial charge in [0.15, 0.2) is 0 Å². The van der Waals surface area contributed by atoms with Crippen LogP contribution in [-0.4, -0.2) is 10.9 Å². The number of carbonyl (C=O) groups is 1. The summed E-state index contributed by atoms with van der Waals surface area (Å²) in [6.07, 6.45) is 3.03. The lowest BCUT2D eigenvalue weighted by Crippen LogP contribution is -2.26. The Morgan fingerprint density at radius 1 is 1.53 bits per heavy atom. The largest absolute Gasteiger partial charge is 0.345 e. The first-order valence-corrected chi connectivity index (χ1v) is 6.38. The second-order valence-electron chi connectivity index (χ2n) is 3.57. The third-order valence-electron chi connectivity index (χ3n) is 2.33. The maximum Gasteiger partial charge on any atom is 0.254 e. The van der Waals surface area contributed by atoms with Crippen molar-refractivity contribution in [1.82, 2.24) is 10.3 Å². The van der Waals surface area contributed by atoms with Crippen LogP contribution in [0.2, 0.25) is 5.02 Å². The molecule has 0 saturated carbocycles. The van der Waals surface area contributed by atoms with Gasteiger partial charge in [-0.1, -0.05) is 17.7 Å². The minimum absolute atomic E-state index is 0.0289. The maximum absolute atomic E-state index is 11.9. The van der Waals surface area contributed by atoms with E-state index in [1.54, 1.807) is 23.6 Å². The number of halogens is 1. The molecule has 3 nitrogen and oxygen atoms in total. The second-order valence-corrected chi connectivity index (χ2v) is 4.95. The van der Waals surface area contributed by atoms with Crippen LogP contribution >= 0.6 is 22.9 Å². The Labute approximate surface area is 108 Å². The molecule has 1 atom stereocenters. The molecule has 2 heterocycles. The van der Waals surface area contributed by atoms with Crippen LogP contribution in [0.3, 0.4) is 0 Å². The van der Waals surface area contributed by atoms with Gasteiger partial charge in [-0.15, -0.1) is 11.3 Å². The zero-order chi connectivity index (χ0) is 12.3. The Balaban J connectivity index is 2.10. The fraction of sp³-hybridized carbons (Fsp3) is 0.167. The van der Waals surface area contributed by atoms with E-state index in [1.165, 1.54) is 6.20 Å². The molecule has 0 aliphatic rings. The summed E-state index contributed by atoms with van der Waals surface area (Å²) in [5.74, 6) is -0.205. The summed E-state index contributed by atoms with van der Waals surface area (Å²) in [7, 11) is 0. The van der Waals surface area contributed by atoms with Gasteiger partial charge in [-0.25, -0.2) is 0 Å². The highest BCUT2D eigenvalue weighted by Crippen LogP contribution is 2.20. The second kappa shape index (κ2) is 5.29. The van der Waals surface area contributed by atoms with Crippen LogP contribution in [0.1, 0.15) is 28.2 Å². The summed E-state index contributed by atoms with van der Waals surface area (Å²) in [5.41, 5.74) is 0.401. The van der Waals surface area contributed by atoms with Gasteiger partial charge in [0.1, 0.15) is 0 Å². The molecular formula is C12H11ClN2OS. The van der Waals surface area contributed by atoms with Crippen molar-refractivity contribution in [3.8, 4) is 0 Å². The SMILES string of the molecule is CC(NC(=O)c1cnccc1Cl)c1cccs1. The molecule has 5 heteroatoms. The Morgan fingerprint density at radius 2 is 2.35 bits per heavy atom. The summed E-state index contributed by atoms with van der Waals surface area (Å²) < 4.78 is 0. The van der Waals surface area contributed by atoms with Gasteiger partial charge in [0.05, 0.1) is 16.6 Å². The minimum atomic E-state index is -0.205. The Morgan fingerprint density at radius 3 is 3.00 bits per heavy atom. The lowest BCUT2D eigenvalue weighted by atomic mass is 10.2. The molecule has 17 heavy (non-hydrogen) atoms.